The molecule has 88 valence electrons. The summed E-state index contributed by atoms with van der Waals surface area (Å²) in [6.07, 6.45) is -2.05. The van der Waals surface area contributed by atoms with Crippen LogP contribution in [0.2, 0.25) is 0 Å². The van der Waals surface area contributed by atoms with Crippen molar-refractivity contribution in [2.45, 2.75) is 30.6 Å². The van der Waals surface area contributed by atoms with Crippen LogP contribution in [0.1, 0.15) is 0 Å². The number of hydrogen-bond acceptors (Lipinski definition) is 6. The Morgan fingerprint density at radius 1 is 1.40 bits per heavy atom. The third-order valence-electron chi connectivity index (χ3n) is 2.36. The SMILES string of the molecule is C=CCOC1O[C@H](CN)[C@@H](O)[C@H](O)[C@H]1N. The van der Waals surface area contributed by atoms with E-state index in [1.807, 2.05) is 0 Å². The van der Waals surface area contributed by atoms with Crippen molar-refractivity contribution in [2.24, 2.45) is 11.5 Å². The quantitative estimate of drug-likeness (QED) is 0.403. The second-order valence-corrected chi connectivity index (χ2v) is 3.46. The maximum atomic E-state index is 9.60. The lowest BCUT2D eigenvalue weighted by Gasteiger charge is -2.40. The number of ether oxygens (including phenoxy) is 2. The van der Waals surface area contributed by atoms with Gasteiger partial charge < -0.3 is 31.2 Å². The van der Waals surface area contributed by atoms with E-state index < -0.39 is 30.6 Å². The highest BCUT2D eigenvalue weighted by molar-refractivity contribution is 4.92. The molecule has 0 aromatic carbocycles. The van der Waals surface area contributed by atoms with Crippen LogP contribution < -0.4 is 11.5 Å². The standard InChI is InChI=1S/C9H18N2O4/c1-2-3-14-9-6(11)8(13)7(12)5(4-10)15-9/h2,5-9,12-13H,1,3-4,10-11H2/t5-,6-,7-,8-,9?/m1/s1. The Hall–Kier alpha value is -0.500. The predicted molar refractivity (Wildman–Crippen MR) is 53.9 cm³/mol. The zero-order valence-corrected chi connectivity index (χ0v) is 8.45. The molecule has 1 unspecified atom stereocenters. The van der Waals surface area contributed by atoms with Crippen LogP contribution in [0.15, 0.2) is 12.7 Å². The fourth-order valence-electron chi connectivity index (χ4n) is 1.46. The molecular formula is C9H18N2O4. The molecule has 1 fully saturated rings. The van der Waals surface area contributed by atoms with Gasteiger partial charge in [-0.25, -0.2) is 0 Å². The number of nitrogens with two attached hydrogens (primary N) is 2. The molecule has 15 heavy (non-hydrogen) atoms. The van der Waals surface area contributed by atoms with Gasteiger partial charge in [-0.1, -0.05) is 6.08 Å². The van der Waals surface area contributed by atoms with Crippen molar-refractivity contribution < 1.29 is 19.7 Å². The minimum Gasteiger partial charge on any atom is -0.388 e. The lowest BCUT2D eigenvalue weighted by molar-refractivity contribution is -0.253. The van der Waals surface area contributed by atoms with Crippen molar-refractivity contribution in [3.63, 3.8) is 0 Å². The molecule has 1 aliphatic heterocycles. The summed E-state index contributed by atoms with van der Waals surface area (Å²) in [6.45, 7) is 3.84. The van der Waals surface area contributed by atoms with Crippen LogP contribution in [0.4, 0.5) is 0 Å². The highest BCUT2D eigenvalue weighted by Gasteiger charge is 2.42. The van der Waals surface area contributed by atoms with Gasteiger partial charge in [0.1, 0.15) is 18.3 Å². The Bertz CT molecular complexity index is 212. The molecule has 1 saturated heterocycles. The number of aliphatic hydroxyl groups is 2. The summed E-state index contributed by atoms with van der Waals surface area (Å²) in [5.74, 6) is 0. The van der Waals surface area contributed by atoms with Gasteiger partial charge in [-0.05, 0) is 0 Å². The topological polar surface area (TPSA) is 111 Å². The highest BCUT2D eigenvalue weighted by atomic mass is 16.7. The molecule has 6 N–H and O–H groups in total. The maximum Gasteiger partial charge on any atom is 0.176 e. The summed E-state index contributed by atoms with van der Waals surface area (Å²) in [4.78, 5) is 0. The monoisotopic (exact) mass is 218 g/mol. The average molecular weight is 218 g/mol. The molecule has 0 bridgehead atoms. The first-order valence-corrected chi connectivity index (χ1v) is 4.81. The third-order valence-corrected chi connectivity index (χ3v) is 2.36. The van der Waals surface area contributed by atoms with E-state index in [1.165, 1.54) is 0 Å². The molecule has 0 aliphatic carbocycles. The normalized spacial score (nSPS) is 41.5. The van der Waals surface area contributed by atoms with Crippen LogP contribution in [0.3, 0.4) is 0 Å². The van der Waals surface area contributed by atoms with E-state index in [-0.39, 0.29) is 13.2 Å². The molecule has 6 heteroatoms. The smallest absolute Gasteiger partial charge is 0.176 e. The molecule has 0 amide bonds. The summed E-state index contributed by atoms with van der Waals surface area (Å²) in [5, 5.41) is 19.1. The first-order valence-electron chi connectivity index (χ1n) is 4.81. The number of hydrogen-bond donors (Lipinski definition) is 4. The van der Waals surface area contributed by atoms with Crippen LogP contribution in [0.25, 0.3) is 0 Å². The molecular weight excluding hydrogens is 200 g/mol. The van der Waals surface area contributed by atoms with Crippen LogP contribution in [-0.2, 0) is 9.47 Å². The molecule has 0 spiro atoms. The molecule has 0 saturated carbocycles. The van der Waals surface area contributed by atoms with E-state index in [2.05, 4.69) is 6.58 Å². The van der Waals surface area contributed by atoms with Crippen molar-refractivity contribution in [3.8, 4) is 0 Å². The van der Waals surface area contributed by atoms with E-state index in [4.69, 9.17) is 20.9 Å². The molecule has 1 rings (SSSR count). The summed E-state index contributed by atoms with van der Waals surface area (Å²) < 4.78 is 10.5. The van der Waals surface area contributed by atoms with Gasteiger partial charge in [-0.2, -0.15) is 0 Å². The average Bonchev–Trinajstić information content (AvgIpc) is 2.25. The fourth-order valence-corrected chi connectivity index (χ4v) is 1.46. The van der Waals surface area contributed by atoms with E-state index >= 15 is 0 Å². The van der Waals surface area contributed by atoms with Crippen molar-refractivity contribution in [2.75, 3.05) is 13.2 Å². The van der Waals surface area contributed by atoms with Gasteiger partial charge >= 0.3 is 0 Å². The van der Waals surface area contributed by atoms with E-state index in [9.17, 15) is 10.2 Å². The van der Waals surface area contributed by atoms with Crippen molar-refractivity contribution >= 4 is 0 Å². The van der Waals surface area contributed by atoms with Crippen LogP contribution in [0, 0.1) is 0 Å². The van der Waals surface area contributed by atoms with Crippen molar-refractivity contribution in [3.05, 3.63) is 12.7 Å². The summed E-state index contributed by atoms with van der Waals surface area (Å²) in [5.41, 5.74) is 11.0. The molecule has 1 heterocycles. The van der Waals surface area contributed by atoms with Gasteiger partial charge in [0.05, 0.1) is 12.6 Å². The second-order valence-electron chi connectivity index (χ2n) is 3.46. The lowest BCUT2D eigenvalue weighted by Crippen LogP contribution is -2.63. The minimum atomic E-state index is -1.10. The van der Waals surface area contributed by atoms with Gasteiger partial charge in [0.2, 0.25) is 0 Å². The van der Waals surface area contributed by atoms with E-state index in [1.54, 1.807) is 6.08 Å². The first kappa shape index (κ1) is 12.6. The summed E-state index contributed by atoms with van der Waals surface area (Å²) in [7, 11) is 0. The summed E-state index contributed by atoms with van der Waals surface area (Å²) in [6, 6.07) is -0.789. The molecule has 0 radical (unpaired) electrons. The first-order chi connectivity index (χ1) is 7.11. The molecule has 5 atom stereocenters. The molecule has 1 aliphatic rings. The zero-order chi connectivity index (χ0) is 11.4. The maximum absolute atomic E-state index is 9.60. The minimum absolute atomic E-state index is 0.0961. The van der Waals surface area contributed by atoms with Crippen LogP contribution in [0.5, 0.6) is 0 Å². The van der Waals surface area contributed by atoms with E-state index in [0.29, 0.717) is 0 Å². The van der Waals surface area contributed by atoms with Crippen LogP contribution >= 0.6 is 0 Å². The molecule has 6 nitrogen and oxygen atoms in total. The number of aliphatic hydroxyl groups excluding tert-OH is 2. The zero-order valence-electron chi connectivity index (χ0n) is 8.45. The Morgan fingerprint density at radius 3 is 2.60 bits per heavy atom. The van der Waals surface area contributed by atoms with Crippen molar-refractivity contribution in [1.29, 1.82) is 0 Å². The van der Waals surface area contributed by atoms with Crippen molar-refractivity contribution in [1.82, 2.24) is 0 Å². The lowest BCUT2D eigenvalue weighted by atomic mass is 9.97. The Kier molecular flexibility index (Phi) is 4.65. The van der Waals surface area contributed by atoms with Gasteiger partial charge in [-0.3, -0.25) is 0 Å². The highest BCUT2D eigenvalue weighted by Crippen LogP contribution is 2.20. The van der Waals surface area contributed by atoms with Gasteiger partial charge in [0.15, 0.2) is 6.29 Å². The number of rotatable bonds is 4. The Balaban J connectivity index is 2.60. The molecule has 0 aromatic heterocycles. The second kappa shape index (κ2) is 5.55. The van der Waals surface area contributed by atoms with Gasteiger partial charge in [-0.15, -0.1) is 6.58 Å². The third kappa shape index (κ3) is 2.75. The largest absolute Gasteiger partial charge is 0.388 e. The summed E-state index contributed by atoms with van der Waals surface area (Å²) >= 11 is 0. The Labute approximate surface area is 88.5 Å². The fraction of sp³-hybridized carbons (Fsp3) is 0.778. The molecule has 0 aromatic rings. The van der Waals surface area contributed by atoms with Gasteiger partial charge in [0, 0.05) is 6.54 Å². The Morgan fingerprint density at radius 2 is 2.07 bits per heavy atom. The van der Waals surface area contributed by atoms with Gasteiger partial charge in [0.25, 0.3) is 0 Å². The van der Waals surface area contributed by atoms with Crippen LogP contribution in [-0.4, -0.2) is 54.0 Å². The van der Waals surface area contributed by atoms with E-state index in [0.717, 1.165) is 0 Å². The predicted octanol–water partition coefficient (Wildman–Crippen LogP) is -2.08.